The number of rotatable bonds is 8. The van der Waals surface area contributed by atoms with Gasteiger partial charge in [0, 0.05) is 22.9 Å². The predicted octanol–water partition coefficient (Wildman–Crippen LogP) is 3.63. The first kappa shape index (κ1) is 18.8. The average Bonchev–Trinajstić information content (AvgIpc) is 3.47. The van der Waals surface area contributed by atoms with Gasteiger partial charge < -0.3 is 20.1 Å². The highest BCUT2D eigenvalue weighted by molar-refractivity contribution is 6.05. The minimum absolute atomic E-state index is 0.117. The molecule has 142 valence electrons. The molecule has 0 heterocycles. The first-order valence-electron chi connectivity index (χ1n) is 9.22. The van der Waals surface area contributed by atoms with E-state index in [4.69, 9.17) is 9.47 Å². The van der Waals surface area contributed by atoms with Crippen molar-refractivity contribution in [3.63, 3.8) is 0 Å². The molecule has 6 nitrogen and oxygen atoms in total. The van der Waals surface area contributed by atoms with Gasteiger partial charge in [-0.15, -0.1) is 0 Å². The number of hydrogen-bond acceptors (Lipinski definition) is 4. The lowest BCUT2D eigenvalue weighted by Crippen LogP contribution is -2.25. The van der Waals surface area contributed by atoms with Gasteiger partial charge in [0.15, 0.2) is 11.5 Å². The molecular formula is C21H24N2O4. The van der Waals surface area contributed by atoms with Crippen LogP contribution in [0.3, 0.4) is 0 Å². The lowest BCUT2D eigenvalue weighted by atomic mass is 10.1. The van der Waals surface area contributed by atoms with Crippen LogP contribution in [-0.4, -0.2) is 31.1 Å². The molecule has 6 heteroatoms. The molecule has 1 aliphatic rings. The summed E-state index contributed by atoms with van der Waals surface area (Å²) in [6, 6.07) is 12.3. The van der Waals surface area contributed by atoms with Gasteiger partial charge in [-0.1, -0.05) is 6.07 Å². The molecule has 1 fully saturated rings. The van der Waals surface area contributed by atoms with Crippen LogP contribution >= 0.6 is 0 Å². The van der Waals surface area contributed by atoms with Crippen LogP contribution in [0.1, 0.15) is 47.4 Å². The maximum Gasteiger partial charge on any atom is 0.255 e. The fourth-order valence-electron chi connectivity index (χ4n) is 2.63. The van der Waals surface area contributed by atoms with E-state index in [1.54, 1.807) is 42.5 Å². The molecule has 0 spiro atoms. The van der Waals surface area contributed by atoms with Crippen LogP contribution < -0.4 is 20.1 Å². The number of ether oxygens (including phenoxy) is 2. The quantitative estimate of drug-likeness (QED) is 0.746. The van der Waals surface area contributed by atoms with Crippen molar-refractivity contribution < 1.29 is 19.1 Å². The zero-order valence-electron chi connectivity index (χ0n) is 15.6. The fourth-order valence-corrected chi connectivity index (χ4v) is 2.63. The Hall–Kier alpha value is -3.02. The number of anilines is 1. The fraction of sp³-hybridized carbons (Fsp3) is 0.333. The summed E-state index contributed by atoms with van der Waals surface area (Å²) < 4.78 is 11.1. The van der Waals surface area contributed by atoms with Crippen molar-refractivity contribution >= 4 is 17.5 Å². The number of amides is 2. The molecule has 0 unspecified atom stereocenters. The summed E-state index contributed by atoms with van der Waals surface area (Å²) in [7, 11) is 0. The van der Waals surface area contributed by atoms with Crippen LogP contribution in [0.4, 0.5) is 5.69 Å². The molecule has 3 rings (SSSR count). The Bertz CT molecular complexity index is 831. The Morgan fingerprint density at radius 1 is 0.926 bits per heavy atom. The molecule has 27 heavy (non-hydrogen) atoms. The first-order valence-corrected chi connectivity index (χ1v) is 9.22. The highest BCUT2D eigenvalue weighted by atomic mass is 16.5. The van der Waals surface area contributed by atoms with Gasteiger partial charge in [0.2, 0.25) is 0 Å². The third kappa shape index (κ3) is 5.00. The summed E-state index contributed by atoms with van der Waals surface area (Å²) in [5.41, 5.74) is 1.55. The van der Waals surface area contributed by atoms with E-state index in [-0.39, 0.29) is 17.9 Å². The zero-order chi connectivity index (χ0) is 19.2. The van der Waals surface area contributed by atoms with Crippen LogP contribution in [-0.2, 0) is 0 Å². The van der Waals surface area contributed by atoms with Crippen LogP contribution in [0, 0.1) is 0 Å². The summed E-state index contributed by atoms with van der Waals surface area (Å²) in [5, 5.41) is 5.77. The summed E-state index contributed by atoms with van der Waals surface area (Å²) >= 11 is 0. The van der Waals surface area contributed by atoms with Crippen molar-refractivity contribution in [3.8, 4) is 11.5 Å². The highest BCUT2D eigenvalue weighted by Crippen LogP contribution is 2.29. The Kier molecular flexibility index (Phi) is 5.96. The van der Waals surface area contributed by atoms with Gasteiger partial charge in [-0.25, -0.2) is 0 Å². The van der Waals surface area contributed by atoms with Crippen LogP contribution in [0.2, 0.25) is 0 Å². The Labute approximate surface area is 158 Å². The zero-order valence-corrected chi connectivity index (χ0v) is 15.6. The molecule has 2 aromatic carbocycles. The molecule has 2 N–H and O–H groups in total. The highest BCUT2D eigenvalue weighted by Gasteiger charge is 2.23. The van der Waals surface area contributed by atoms with E-state index in [9.17, 15) is 9.59 Å². The second-order valence-corrected chi connectivity index (χ2v) is 6.31. The standard InChI is InChI=1S/C21H24N2O4/c1-3-26-18-11-8-15(13-19(18)27-4-2)21(25)23-17-7-5-6-14(12-17)20(24)22-16-9-10-16/h5-8,11-13,16H,3-4,9-10H2,1-2H3,(H,22,24)(H,23,25). The molecule has 0 saturated heterocycles. The largest absolute Gasteiger partial charge is 0.490 e. The lowest BCUT2D eigenvalue weighted by molar-refractivity contribution is 0.0949. The van der Waals surface area contributed by atoms with Crippen LogP contribution in [0.15, 0.2) is 42.5 Å². The summed E-state index contributed by atoms with van der Waals surface area (Å²) in [4.78, 5) is 24.8. The molecule has 0 aromatic heterocycles. The van der Waals surface area contributed by atoms with Crippen molar-refractivity contribution in [2.45, 2.75) is 32.7 Å². The van der Waals surface area contributed by atoms with E-state index < -0.39 is 0 Å². The molecule has 2 aromatic rings. The Morgan fingerprint density at radius 2 is 1.63 bits per heavy atom. The lowest BCUT2D eigenvalue weighted by Gasteiger charge is -2.13. The van der Waals surface area contributed by atoms with Gasteiger partial charge in [-0.2, -0.15) is 0 Å². The second-order valence-electron chi connectivity index (χ2n) is 6.31. The van der Waals surface area contributed by atoms with Gasteiger partial charge in [0.25, 0.3) is 11.8 Å². The third-order valence-electron chi connectivity index (χ3n) is 4.10. The predicted molar refractivity (Wildman–Crippen MR) is 104 cm³/mol. The van der Waals surface area contributed by atoms with Gasteiger partial charge >= 0.3 is 0 Å². The van der Waals surface area contributed by atoms with Crippen molar-refractivity contribution in [1.82, 2.24) is 5.32 Å². The molecule has 2 amide bonds. The van der Waals surface area contributed by atoms with E-state index in [2.05, 4.69) is 10.6 Å². The number of carbonyl (C=O) groups excluding carboxylic acids is 2. The topological polar surface area (TPSA) is 76.7 Å². The first-order chi connectivity index (χ1) is 13.1. The van der Waals surface area contributed by atoms with E-state index in [0.717, 1.165) is 12.8 Å². The van der Waals surface area contributed by atoms with Crippen molar-refractivity contribution in [2.75, 3.05) is 18.5 Å². The van der Waals surface area contributed by atoms with E-state index >= 15 is 0 Å². The molecule has 0 atom stereocenters. The normalized spacial score (nSPS) is 13.0. The van der Waals surface area contributed by atoms with Crippen molar-refractivity contribution in [1.29, 1.82) is 0 Å². The summed E-state index contributed by atoms with van der Waals surface area (Å²) in [6.45, 7) is 4.76. The molecular weight excluding hydrogens is 344 g/mol. The van der Waals surface area contributed by atoms with E-state index in [1.165, 1.54) is 0 Å². The Balaban J connectivity index is 1.72. The number of benzene rings is 2. The van der Waals surface area contributed by atoms with Crippen LogP contribution in [0.25, 0.3) is 0 Å². The van der Waals surface area contributed by atoms with Gasteiger partial charge in [0.1, 0.15) is 0 Å². The van der Waals surface area contributed by atoms with E-state index in [0.29, 0.717) is 41.5 Å². The molecule has 1 aliphatic carbocycles. The van der Waals surface area contributed by atoms with Gasteiger partial charge in [-0.05, 0) is 63.1 Å². The SMILES string of the molecule is CCOc1ccc(C(=O)Nc2cccc(C(=O)NC3CC3)c2)cc1OCC. The van der Waals surface area contributed by atoms with Crippen molar-refractivity contribution in [2.24, 2.45) is 0 Å². The number of nitrogens with one attached hydrogen (secondary N) is 2. The second kappa shape index (κ2) is 8.58. The van der Waals surface area contributed by atoms with Gasteiger partial charge in [-0.3, -0.25) is 9.59 Å². The molecule has 0 radical (unpaired) electrons. The number of hydrogen-bond donors (Lipinski definition) is 2. The third-order valence-corrected chi connectivity index (χ3v) is 4.10. The smallest absolute Gasteiger partial charge is 0.255 e. The summed E-state index contributed by atoms with van der Waals surface area (Å²) in [5.74, 6) is 0.742. The summed E-state index contributed by atoms with van der Waals surface area (Å²) in [6.07, 6.45) is 2.06. The maximum absolute atomic E-state index is 12.6. The average molecular weight is 368 g/mol. The molecule has 0 aliphatic heterocycles. The monoisotopic (exact) mass is 368 g/mol. The van der Waals surface area contributed by atoms with Crippen LogP contribution in [0.5, 0.6) is 11.5 Å². The van der Waals surface area contributed by atoms with E-state index in [1.807, 2.05) is 13.8 Å². The number of carbonyl (C=O) groups is 2. The minimum Gasteiger partial charge on any atom is -0.490 e. The van der Waals surface area contributed by atoms with Crippen molar-refractivity contribution in [3.05, 3.63) is 53.6 Å². The molecule has 0 bridgehead atoms. The molecule has 1 saturated carbocycles. The maximum atomic E-state index is 12.6. The minimum atomic E-state index is -0.279. The van der Waals surface area contributed by atoms with Gasteiger partial charge in [0.05, 0.1) is 13.2 Å². The Morgan fingerprint density at radius 3 is 2.33 bits per heavy atom.